The summed E-state index contributed by atoms with van der Waals surface area (Å²) in [6.07, 6.45) is 0. The first-order valence-corrected chi connectivity index (χ1v) is 4.16. The van der Waals surface area contributed by atoms with Crippen LogP contribution in [0.2, 0.25) is 0 Å². The molecule has 0 unspecified atom stereocenters. The van der Waals surface area contributed by atoms with E-state index in [2.05, 4.69) is 4.89 Å². The van der Waals surface area contributed by atoms with E-state index in [0.717, 1.165) is 5.56 Å². The first kappa shape index (κ1) is 10.4. The van der Waals surface area contributed by atoms with Gasteiger partial charge in [-0.2, -0.15) is 0 Å². The maximum Gasteiger partial charge on any atom is 0.352 e. The summed E-state index contributed by atoms with van der Waals surface area (Å²) in [5.74, 6) is 0.100. The van der Waals surface area contributed by atoms with Crippen molar-refractivity contribution in [3.8, 4) is 11.5 Å². The van der Waals surface area contributed by atoms with Gasteiger partial charge in [-0.1, -0.05) is 0 Å². The Bertz CT molecular complexity index is 357. The number of carbonyl (C=O) groups excluding carboxylic acids is 1. The lowest BCUT2D eigenvalue weighted by Crippen LogP contribution is -2.04. The monoisotopic (exact) mass is 196 g/mol. The van der Waals surface area contributed by atoms with E-state index in [4.69, 9.17) is 4.89 Å². The van der Waals surface area contributed by atoms with Gasteiger partial charge < -0.3 is 5.11 Å². The second-order valence-corrected chi connectivity index (χ2v) is 2.99. The predicted molar refractivity (Wildman–Crippen MR) is 50.0 cm³/mol. The number of hydrogen-bond acceptors (Lipinski definition) is 4. The van der Waals surface area contributed by atoms with Crippen molar-refractivity contribution in [2.75, 3.05) is 0 Å². The molecule has 0 saturated heterocycles. The molecule has 76 valence electrons. The third-order valence-electron chi connectivity index (χ3n) is 1.96. The molecule has 0 bridgehead atoms. The molecule has 1 N–H and O–H groups in total. The lowest BCUT2D eigenvalue weighted by molar-refractivity contribution is -0.211. The summed E-state index contributed by atoms with van der Waals surface area (Å²) >= 11 is 0. The van der Waals surface area contributed by atoms with Crippen LogP contribution in [0, 0.1) is 13.8 Å². The maximum absolute atomic E-state index is 10.5. The minimum absolute atomic E-state index is 0.192. The summed E-state index contributed by atoms with van der Waals surface area (Å²) in [6.45, 7) is 4.78. The smallest absolute Gasteiger partial charge is 0.352 e. The quantitative estimate of drug-likeness (QED) is 0.579. The highest BCUT2D eigenvalue weighted by Crippen LogP contribution is 2.27. The van der Waals surface area contributed by atoms with Crippen LogP contribution in [0.5, 0.6) is 11.5 Å². The molecule has 0 fully saturated rings. The van der Waals surface area contributed by atoms with E-state index in [-0.39, 0.29) is 5.75 Å². The molecule has 4 heteroatoms. The molecule has 1 rings (SSSR count). The average Bonchev–Trinajstić information content (AvgIpc) is 2.13. The van der Waals surface area contributed by atoms with Crippen LogP contribution in [-0.2, 0) is 9.68 Å². The number of aromatic hydroxyl groups is 1. The van der Waals surface area contributed by atoms with E-state index in [0.29, 0.717) is 11.3 Å². The van der Waals surface area contributed by atoms with Gasteiger partial charge in [-0.15, -0.1) is 0 Å². The largest absolute Gasteiger partial charge is 0.508 e. The molecular weight excluding hydrogens is 184 g/mol. The fourth-order valence-electron chi connectivity index (χ4n) is 0.975. The normalized spacial score (nSPS) is 9.64. The summed E-state index contributed by atoms with van der Waals surface area (Å²) < 4.78 is 0. The Balaban J connectivity index is 2.88. The van der Waals surface area contributed by atoms with Gasteiger partial charge in [0.1, 0.15) is 5.75 Å². The van der Waals surface area contributed by atoms with Gasteiger partial charge in [-0.3, -0.25) is 9.78 Å². The van der Waals surface area contributed by atoms with Crippen LogP contribution in [0.1, 0.15) is 18.1 Å². The molecule has 0 saturated carbocycles. The highest BCUT2D eigenvalue weighted by molar-refractivity contribution is 5.65. The van der Waals surface area contributed by atoms with E-state index in [1.54, 1.807) is 19.9 Å². The topological polar surface area (TPSA) is 55.8 Å². The van der Waals surface area contributed by atoms with Crippen molar-refractivity contribution in [2.24, 2.45) is 0 Å². The first-order chi connectivity index (χ1) is 6.52. The number of rotatable bonds is 2. The van der Waals surface area contributed by atoms with Gasteiger partial charge in [0.25, 0.3) is 0 Å². The summed E-state index contributed by atoms with van der Waals surface area (Å²) in [7, 11) is 0. The van der Waals surface area contributed by atoms with E-state index in [1.165, 1.54) is 13.0 Å². The lowest BCUT2D eigenvalue weighted by Gasteiger charge is -2.08. The van der Waals surface area contributed by atoms with Crippen LogP contribution in [0.3, 0.4) is 0 Å². The zero-order valence-corrected chi connectivity index (χ0v) is 8.33. The highest BCUT2D eigenvalue weighted by Gasteiger charge is 2.08. The molecule has 1 aromatic carbocycles. The summed E-state index contributed by atoms with van der Waals surface area (Å²) in [5, 5.41) is 9.34. The van der Waals surface area contributed by atoms with Crippen LogP contribution in [-0.4, -0.2) is 11.1 Å². The van der Waals surface area contributed by atoms with Crippen molar-refractivity contribution in [3.05, 3.63) is 23.3 Å². The summed E-state index contributed by atoms with van der Waals surface area (Å²) in [4.78, 5) is 19.6. The molecule has 0 aromatic heterocycles. The van der Waals surface area contributed by atoms with E-state index in [1.807, 2.05) is 0 Å². The van der Waals surface area contributed by atoms with Gasteiger partial charge in [-0.05, 0) is 31.5 Å². The summed E-state index contributed by atoms with van der Waals surface area (Å²) in [6, 6.07) is 3.03. The maximum atomic E-state index is 10.5. The van der Waals surface area contributed by atoms with Crippen LogP contribution < -0.4 is 4.89 Å². The zero-order valence-electron chi connectivity index (χ0n) is 8.33. The van der Waals surface area contributed by atoms with E-state index in [9.17, 15) is 9.90 Å². The Kier molecular flexibility index (Phi) is 2.96. The first-order valence-electron chi connectivity index (χ1n) is 4.16. The molecule has 4 nitrogen and oxygen atoms in total. The second-order valence-electron chi connectivity index (χ2n) is 2.99. The molecule has 0 atom stereocenters. The van der Waals surface area contributed by atoms with Crippen LogP contribution >= 0.6 is 0 Å². The molecule has 0 aliphatic heterocycles. The van der Waals surface area contributed by atoms with Crippen LogP contribution in [0.4, 0.5) is 0 Å². The Morgan fingerprint density at radius 3 is 2.50 bits per heavy atom. The molecule has 1 aromatic rings. The van der Waals surface area contributed by atoms with Gasteiger partial charge in [0.2, 0.25) is 0 Å². The second kappa shape index (κ2) is 4.00. The Hall–Kier alpha value is -1.71. The average molecular weight is 196 g/mol. The standard InChI is InChI=1S/C10H12O4/c1-6-7(2)10(5-4-9(6)12)14-13-8(3)11/h4-5,12H,1-3H3. The third kappa shape index (κ3) is 2.16. The van der Waals surface area contributed by atoms with Crippen LogP contribution in [0.15, 0.2) is 12.1 Å². The predicted octanol–water partition coefficient (Wildman–Crippen LogP) is 1.87. The third-order valence-corrected chi connectivity index (χ3v) is 1.96. The van der Waals surface area contributed by atoms with E-state index < -0.39 is 5.97 Å². The van der Waals surface area contributed by atoms with Crippen LogP contribution in [0.25, 0.3) is 0 Å². The van der Waals surface area contributed by atoms with Gasteiger partial charge >= 0.3 is 5.97 Å². The van der Waals surface area contributed by atoms with Crippen molar-refractivity contribution < 1.29 is 19.7 Å². The molecule has 0 heterocycles. The zero-order chi connectivity index (χ0) is 10.7. The minimum Gasteiger partial charge on any atom is -0.508 e. The Morgan fingerprint density at radius 1 is 1.29 bits per heavy atom. The van der Waals surface area contributed by atoms with Crippen molar-refractivity contribution in [2.45, 2.75) is 20.8 Å². The molecule has 0 radical (unpaired) electrons. The molecular formula is C10H12O4. The van der Waals surface area contributed by atoms with Gasteiger partial charge in [0.15, 0.2) is 5.75 Å². The van der Waals surface area contributed by atoms with E-state index >= 15 is 0 Å². The van der Waals surface area contributed by atoms with Gasteiger partial charge in [0.05, 0.1) is 0 Å². The Morgan fingerprint density at radius 2 is 1.93 bits per heavy atom. The SMILES string of the molecule is CC(=O)OOc1ccc(O)c(C)c1C. The van der Waals surface area contributed by atoms with Crippen molar-refractivity contribution in [1.29, 1.82) is 0 Å². The number of hydrogen-bond donors (Lipinski definition) is 1. The van der Waals surface area contributed by atoms with Crippen molar-refractivity contribution in [3.63, 3.8) is 0 Å². The minimum atomic E-state index is -0.518. The van der Waals surface area contributed by atoms with Gasteiger partial charge in [-0.25, -0.2) is 4.79 Å². The molecule has 0 amide bonds. The highest BCUT2D eigenvalue weighted by atomic mass is 17.2. The van der Waals surface area contributed by atoms with Gasteiger partial charge in [0, 0.05) is 12.5 Å². The summed E-state index contributed by atoms with van der Waals surface area (Å²) in [5.41, 5.74) is 1.45. The molecule has 0 aliphatic rings. The fourth-order valence-corrected chi connectivity index (χ4v) is 0.975. The fraction of sp³-hybridized carbons (Fsp3) is 0.300. The number of carbonyl (C=O) groups is 1. The number of benzene rings is 1. The molecule has 0 aliphatic carbocycles. The van der Waals surface area contributed by atoms with Crippen molar-refractivity contribution >= 4 is 5.97 Å². The van der Waals surface area contributed by atoms with Crippen molar-refractivity contribution in [1.82, 2.24) is 0 Å². The number of phenolic OH excluding ortho intramolecular Hbond substituents is 1. The molecule has 0 spiro atoms. The molecule has 14 heavy (non-hydrogen) atoms. The number of phenols is 1. The Labute approximate surface area is 82.0 Å². The lowest BCUT2D eigenvalue weighted by atomic mass is 10.1.